The summed E-state index contributed by atoms with van der Waals surface area (Å²) in [5.74, 6) is -0.180. The van der Waals surface area contributed by atoms with Gasteiger partial charge in [0.2, 0.25) is 5.91 Å². The first-order valence-electron chi connectivity index (χ1n) is 24.1. The summed E-state index contributed by atoms with van der Waals surface area (Å²) < 4.78 is 11.2. The van der Waals surface area contributed by atoms with E-state index in [1.807, 2.05) is 6.08 Å². The van der Waals surface area contributed by atoms with Gasteiger partial charge in [-0.2, -0.15) is 0 Å². The number of amides is 1. The maximum absolute atomic E-state index is 13.0. The summed E-state index contributed by atoms with van der Waals surface area (Å²) in [5, 5.41) is 54.2. The zero-order chi connectivity index (χ0) is 41.6. The first-order valence-corrected chi connectivity index (χ1v) is 24.1. The van der Waals surface area contributed by atoms with E-state index in [2.05, 4.69) is 31.3 Å². The molecule has 57 heavy (non-hydrogen) atoms. The number of aliphatic hydroxyl groups excluding tert-OH is 5. The Hall–Kier alpha value is -1.33. The fourth-order valence-electron chi connectivity index (χ4n) is 7.62. The van der Waals surface area contributed by atoms with Crippen LogP contribution >= 0.6 is 0 Å². The third-order valence-electron chi connectivity index (χ3n) is 11.5. The number of hydrogen-bond donors (Lipinski definition) is 6. The summed E-state index contributed by atoms with van der Waals surface area (Å²) in [6.45, 7) is 3.78. The Morgan fingerprint density at radius 1 is 0.579 bits per heavy atom. The molecule has 9 heteroatoms. The van der Waals surface area contributed by atoms with Crippen LogP contribution in [0.3, 0.4) is 0 Å². The van der Waals surface area contributed by atoms with Gasteiger partial charge in [0.05, 0.1) is 25.4 Å². The number of nitrogens with one attached hydrogen (secondary N) is 1. The Kier molecular flexibility index (Phi) is 36.6. The van der Waals surface area contributed by atoms with Crippen molar-refractivity contribution in [3.63, 3.8) is 0 Å². The molecule has 1 amide bonds. The van der Waals surface area contributed by atoms with E-state index in [0.717, 1.165) is 38.5 Å². The van der Waals surface area contributed by atoms with Gasteiger partial charge in [-0.25, -0.2) is 0 Å². The van der Waals surface area contributed by atoms with Crippen LogP contribution < -0.4 is 5.32 Å². The van der Waals surface area contributed by atoms with E-state index in [1.54, 1.807) is 6.08 Å². The van der Waals surface area contributed by atoms with Crippen molar-refractivity contribution in [2.75, 3.05) is 13.2 Å². The van der Waals surface area contributed by atoms with Crippen molar-refractivity contribution in [2.45, 2.75) is 262 Å². The Morgan fingerprint density at radius 2 is 0.982 bits per heavy atom. The molecule has 0 aromatic rings. The molecular formula is C48H91NO8. The zero-order valence-corrected chi connectivity index (χ0v) is 36.9. The molecule has 1 aliphatic rings. The molecule has 1 heterocycles. The number of aliphatic hydroxyl groups is 5. The Balaban J connectivity index is 2.34. The minimum Gasteiger partial charge on any atom is -0.394 e. The van der Waals surface area contributed by atoms with Crippen LogP contribution in [0.2, 0.25) is 0 Å². The number of ether oxygens (including phenoxy) is 2. The van der Waals surface area contributed by atoms with E-state index in [1.165, 1.54) is 161 Å². The van der Waals surface area contributed by atoms with Crippen LogP contribution in [0, 0.1) is 0 Å². The van der Waals surface area contributed by atoms with Gasteiger partial charge in [0.1, 0.15) is 24.4 Å². The minimum atomic E-state index is -1.56. The lowest BCUT2D eigenvalue weighted by atomic mass is 9.99. The highest BCUT2D eigenvalue weighted by Crippen LogP contribution is 2.23. The average Bonchev–Trinajstić information content (AvgIpc) is 3.21. The largest absolute Gasteiger partial charge is 0.394 e. The molecule has 0 aromatic carbocycles. The fraction of sp³-hybridized carbons (Fsp3) is 0.896. The topological polar surface area (TPSA) is 149 Å². The Labute approximate surface area is 349 Å². The van der Waals surface area contributed by atoms with Crippen molar-refractivity contribution >= 4 is 5.91 Å². The van der Waals surface area contributed by atoms with Crippen LogP contribution in [0.15, 0.2) is 24.3 Å². The molecule has 7 atom stereocenters. The zero-order valence-electron chi connectivity index (χ0n) is 36.9. The average molecular weight is 810 g/mol. The molecule has 9 nitrogen and oxygen atoms in total. The van der Waals surface area contributed by atoms with Crippen LogP contribution in [-0.4, -0.2) is 87.5 Å². The van der Waals surface area contributed by atoms with Crippen molar-refractivity contribution in [2.24, 2.45) is 0 Å². The quantitative estimate of drug-likeness (QED) is 0.0265. The predicted octanol–water partition coefficient (Wildman–Crippen LogP) is 10.3. The van der Waals surface area contributed by atoms with Gasteiger partial charge in [0.15, 0.2) is 6.29 Å². The highest BCUT2D eigenvalue weighted by Gasteiger charge is 2.44. The second-order valence-electron chi connectivity index (χ2n) is 16.9. The summed E-state index contributed by atoms with van der Waals surface area (Å²) in [6.07, 6.45) is 39.3. The van der Waals surface area contributed by atoms with E-state index in [0.29, 0.717) is 6.42 Å². The van der Waals surface area contributed by atoms with Crippen molar-refractivity contribution in [1.82, 2.24) is 5.32 Å². The molecule has 336 valence electrons. The SMILES string of the molecule is CCCCCCCCC/C=C\CCCCCCCCCC(=O)NC(COC1OC(CO)C(O)C(O)C1O)C(O)/C=C/CCCCCCCCCCCCCCCC. The summed E-state index contributed by atoms with van der Waals surface area (Å²) in [4.78, 5) is 13.0. The summed E-state index contributed by atoms with van der Waals surface area (Å²) in [7, 11) is 0. The molecule has 0 bridgehead atoms. The molecule has 0 saturated carbocycles. The molecule has 6 N–H and O–H groups in total. The van der Waals surface area contributed by atoms with Crippen LogP contribution in [-0.2, 0) is 14.3 Å². The fourth-order valence-corrected chi connectivity index (χ4v) is 7.62. The molecule has 1 saturated heterocycles. The van der Waals surface area contributed by atoms with Crippen LogP contribution in [0.5, 0.6) is 0 Å². The lowest BCUT2D eigenvalue weighted by Gasteiger charge is -2.40. The molecule has 1 aliphatic heterocycles. The maximum Gasteiger partial charge on any atom is 0.220 e. The van der Waals surface area contributed by atoms with Gasteiger partial charge in [-0.15, -0.1) is 0 Å². The molecular weight excluding hydrogens is 719 g/mol. The van der Waals surface area contributed by atoms with E-state index in [9.17, 15) is 30.3 Å². The van der Waals surface area contributed by atoms with E-state index < -0.39 is 49.5 Å². The smallest absolute Gasteiger partial charge is 0.220 e. The van der Waals surface area contributed by atoms with Crippen molar-refractivity contribution < 1.29 is 39.8 Å². The van der Waals surface area contributed by atoms with E-state index in [4.69, 9.17) is 9.47 Å². The van der Waals surface area contributed by atoms with Crippen molar-refractivity contribution in [3.05, 3.63) is 24.3 Å². The van der Waals surface area contributed by atoms with Gasteiger partial charge in [-0.05, 0) is 44.9 Å². The number of allylic oxidation sites excluding steroid dienone is 3. The van der Waals surface area contributed by atoms with Gasteiger partial charge in [-0.3, -0.25) is 4.79 Å². The Bertz CT molecular complexity index is 945. The number of carbonyl (C=O) groups is 1. The second kappa shape index (κ2) is 38.8. The van der Waals surface area contributed by atoms with Gasteiger partial charge >= 0.3 is 0 Å². The summed E-state index contributed by atoms with van der Waals surface area (Å²) in [5.41, 5.74) is 0. The highest BCUT2D eigenvalue weighted by atomic mass is 16.7. The van der Waals surface area contributed by atoms with E-state index in [-0.39, 0.29) is 12.5 Å². The van der Waals surface area contributed by atoms with Crippen LogP contribution in [0.25, 0.3) is 0 Å². The first kappa shape index (κ1) is 53.7. The predicted molar refractivity (Wildman–Crippen MR) is 235 cm³/mol. The number of carbonyl (C=O) groups excluding carboxylic acids is 1. The highest BCUT2D eigenvalue weighted by molar-refractivity contribution is 5.76. The molecule has 1 fully saturated rings. The standard InChI is InChI=1S/C48H91NO8/c1-3-5-7-9-11-13-15-17-19-21-22-24-26-28-30-32-34-36-38-44(52)49-41(40-56-48-47(55)46(54)45(53)43(39-50)57-48)42(51)37-35-33-31-29-27-25-23-20-18-16-14-12-10-8-6-4-2/h19,21,35,37,41-43,45-48,50-51,53-55H,3-18,20,22-34,36,38-40H2,1-2H3,(H,49,52)/b21-19-,37-35+. The maximum atomic E-state index is 13.0. The normalized spacial score (nSPS) is 21.1. The van der Waals surface area contributed by atoms with Gasteiger partial charge in [0.25, 0.3) is 0 Å². The van der Waals surface area contributed by atoms with Gasteiger partial charge in [-0.1, -0.05) is 192 Å². The lowest BCUT2D eigenvalue weighted by Crippen LogP contribution is -2.60. The number of hydrogen-bond acceptors (Lipinski definition) is 8. The van der Waals surface area contributed by atoms with Gasteiger partial charge < -0.3 is 40.3 Å². The summed E-state index contributed by atoms with van der Waals surface area (Å²) >= 11 is 0. The molecule has 0 radical (unpaired) electrons. The monoisotopic (exact) mass is 810 g/mol. The van der Waals surface area contributed by atoms with Crippen LogP contribution in [0.4, 0.5) is 0 Å². The molecule has 0 spiro atoms. The summed E-state index contributed by atoms with van der Waals surface area (Å²) in [6, 6.07) is -0.804. The van der Waals surface area contributed by atoms with Gasteiger partial charge in [0, 0.05) is 6.42 Å². The number of rotatable bonds is 40. The molecule has 7 unspecified atom stereocenters. The Morgan fingerprint density at radius 3 is 1.42 bits per heavy atom. The molecule has 0 aromatic heterocycles. The number of unbranched alkanes of at least 4 members (excludes halogenated alkanes) is 28. The van der Waals surface area contributed by atoms with E-state index >= 15 is 0 Å². The first-order chi connectivity index (χ1) is 27.8. The van der Waals surface area contributed by atoms with Crippen LogP contribution in [0.1, 0.15) is 219 Å². The van der Waals surface area contributed by atoms with Crippen molar-refractivity contribution in [3.8, 4) is 0 Å². The third-order valence-corrected chi connectivity index (χ3v) is 11.5. The molecule has 0 aliphatic carbocycles. The third kappa shape index (κ3) is 29.5. The van der Waals surface area contributed by atoms with Crippen molar-refractivity contribution in [1.29, 1.82) is 0 Å². The molecule has 1 rings (SSSR count). The second-order valence-corrected chi connectivity index (χ2v) is 16.9. The lowest BCUT2D eigenvalue weighted by molar-refractivity contribution is -0.302. The minimum absolute atomic E-state index is 0.180.